The van der Waals surface area contributed by atoms with Crippen LogP contribution in [0, 0.1) is 0 Å². The van der Waals surface area contributed by atoms with Crippen molar-refractivity contribution in [2.24, 2.45) is 0 Å². The molecule has 3 heterocycles. The fourth-order valence-electron chi connectivity index (χ4n) is 4.82. The van der Waals surface area contributed by atoms with Crippen molar-refractivity contribution in [3.63, 3.8) is 0 Å². The number of aromatic nitrogens is 2. The van der Waals surface area contributed by atoms with E-state index >= 15 is 0 Å². The fraction of sp³-hybridized carbons (Fsp3) is 0.577. The first-order chi connectivity index (χ1) is 18.3. The van der Waals surface area contributed by atoms with Gasteiger partial charge in [0.25, 0.3) is 5.91 Å². The lowest BCUT2D eigenvalue weighted by molar-refractivity contribution is -0.173. The third-order valence-electron chi connectivity index (χ3n) is 6.64. The number of hydrogen-bond acceptors (Lipinski definition) is 7. The van der Waals surface area contributed by atoms with E-state index in [1.54, 1.807) is 39.0 Å². The van der Waals surface area contributed by atoms with E-state index in [-0.39, 0.29) is 30.5 Å². The van der Waals surface area contributed by atoms with Gasteiger partial charge in [-0.3, -0.25) is 4.79 Å². The molecule has 1 saturated heterocycles. The Labute approximate surface area is 224 Å². The summed E-state index contributed by atoms with van der Waals surface area (Å²) in [6.45, 7) is 6.04. The zero-order valence-corrected chi connectivity index (χ0v) is 22.6. The molecule has 0 aliphatic carbocycles. The summed E-state index contributed by atoms with van der Waals surface area (Å²) in [4.78, 5) is 27.0. The van der Waals surface area contributed by atoms with E-state index in [9.17, 15) is 22.8 Å². The minimum absolute atomic E-state index is 0.0764. The molecule has 0 radical (unpaired) electrons. The zero-order valence-electron chi connectivity index (χ0n) is 22.6. The van der Waals surface area contributed by atoms with Crippen molar-refractivity contribution in [1.82, 2.24) is 20.0 Å². The second-order valence-electron chi connectivity index (χ2n) is 10.7. The number of carbonyl (C=O) groups is 2. The quantitative estimate of drug-likeness (QED) is 0.553. The van der Waals surface area contributed by atoms with E-state index in [0.717, 1.165) is 4.68 Å². The molecular formula is C26H34F3N5O5. The Kier molecular flexibility index (Phi) is 7.89. The van der Waals surface area contributed by atoms with Crippen LogP contribution in [0.2, 0.25) is 0 Å². The van der Waals surface area contributed by atoms with E-state index in [1.165, 1.54) is 25.2 Å². The van der Waals surface area contributed by atoms with E-state index < -0.39 is 35.9 Å². The molecule has 39 heavy (non-hydrogen) atoms. The van der Waals surface area contributed by atoms with Crippen LogP contribution in [0.25, 0.3) is 0 Å². The second-order valence-corrected chi connectivity index (χ2v) is 10.7. The Morgan fingerprint density at radius 2 is 1.82 bits per heavy atom. The molecule has 2 amide bonds. The van der Waals surface area contributed by atoms with Gasteiger partial charge in [0.2, 0.25) is 0 Å². The molecule has 2 aliphatic rings. The highest BCUT2D eigenvalue weighted by molar-refractivity contribution is 5.93. The molecule has 2 aliphatic heterocycles. The minimum atomic E-state index is -4.59. The van der Waals surface area contributed by atoms with Crippen LogP contribution in [-0.2, 0) is 4.74 Å². The van der Waals surface area contributed by atoms with Gasteiger partial charge >= 0.3 is 12.3 Å². The number of alkyl halides is 3. The van der Waals surface area contributed by atoms with Crippen LogP contribution in [0.4, 0.5) is 23.8 Å². The lowest BCUT2D eigenvalue weighted by atomic mass is 9.96. The maximum atomic E-state index is 14.1. The van der Waals surface area contributed by atoms with E-state index in [0.29, 0.717) is 36.4 Å². The predicted molar refractivity (Wildman–Crippen MR) is 136 cm³/mol. The molecule has 2 aromatic rings. The molecule has 3 unspecified atom stereocenters. The fourth-order valence-corrected chi connectivity index (χ4v) is 4.82. The van der Waals surface area contributed by atoms with Crippen molar-refractivity contribution >= 4 is 17.8 Å². The molecule has 3 atom stereocenters. The number of likely N-dealkylation sites (tertiary alicyclic amines) is 1. The van der Waals surface area contributed by atoms with Gasteiger partial charge in [0.1, 0.15) is 11.4 Å². The van der Waals surface area contributed by atoms with Crippen LogP contribution in [0.15, 0.2) is 24.3 Å². The summed E-state index contributed by atoms with van der Waals surface area (Å²) in [6.07, 6.45) is -4.14. The Balaban J connectivity index is 1.52. The number of rotatable bonds is 5. The summed E-state index contributed by atoms with van der Waals surface area (Å²) in [5, 5.41) is 9.92. The summed E-state index contributed by atoms with van der Waals surface area (Å²) >= 11 is 0. The monoisotopic (exact) mass is 553 g/mol. The summed E-state index contributed by atoms with van der Waals surface area (Å²) in [7, 11) is 2.93. The van der Waals surface area contributed by atoms with Gasteiger partial charge in [-0.2, -0.15) is 18.3 Å². The van der Waals surface area contributed by atoms with Gasteiger partial charge in [-0.25, -0.2) is 9.48 Å². The zero-order chi connectivity index (χ0) is 28.5. The number of methoxy groups -OCH3 is 2. The number of anilines is 1. The number of amides is 2. The van der Waals surface area contributed by atoms with Crippen molar-refractivity contribution in [1.29, 1.82) is 0 Å². The van der Waals surface area contributed by atoms with E-state index in [1.807, 2.05) is 0 Å². The van der Waals surface area contributed by atoms with Gasteiger partial charge in [0.05, 0.1) is 20.3 Å². The van der Waals surface area contributed by atoms with Crippen LogP contribution in [0.5, 0.6) is 11.5 Å². The van der Waals surface area contributed by atoms with Crippen LogP contribution in [-0.4, -0.2) is 71.8 Å². The highest BCUT2D eigenvalue weighted by atomic mass is 19.4. The summed E-state index contributed by atoms with van der Waals surface area (Å²) in [5.74, 6) is 0.319. The van der Waals surface area contributed by atoms with Crippen molar-refractivity contribution in [3.05, 3.63) is 35.5 Å². The largest absolute Gasteiger partial charge is 0.493 e. The minimum Gasteiger partial charge on any atom is -0.493 e. The number of hydrogen-bond donors (Lipinski definition) is 2. The standard InChI is InChI=1S/C26H34F3N5O5/c1-25(2,3)39-24(36)33-10-6-7-16(14-33)30-23(35)18-13-22-31-17(12-21(26(27,28)29)34(22)32-18)15-8-9-19(37-4)20(11-15)38-5/h8-9,11,13,16-17,21,31H,6-7,10,12,14H2,1-5H3,(H,30,35). The summed E-state index contributed by atoms with van der Waals surface area (Å²) < 4.78 is 59.1. The number of fused-ring (bicyclic) bond motifs is 1. The maximum Gasteiger partial charge on any atom is 0.410 e. The normalized spacial score (nSPS) is 21.4. The van der Waals surface area contributed by atoms with Gasteiger partial charge in [-0.15, -0.1) is 0 Å². The first-order valence-electron chi connectivity index (χ1n) is 12.7. The van der Waals surface area contributed by atoms with E-state index in [2.05, 4.69) is 15.7 Å². The number of nitrogens with one attached hydrogen (secondary N) is 2. The molecule has 0 bridgehead atoms. The lowest BCUT2D eigenvalue weighted by Crippen LogP contribution is -2.50. The molecule has 4 rings (SSSR count). The van der Waals surface area contributed by atoms with E-state index in [4.69, 9.17) is 14.2 Å². The molecule has 1 aromatic heterocycles. The lowest BCUT2D eigenvalue weighted by Gasteiger charge is -2.34. The van der Waals surface area contributed by atoms with Gasteiger partial charge in [-0.05, 0) is 51.3 Å². The van der Waals surface area contributed by atoms with Crippen molar-refractivity contribution in [2.45, 2.75) is 69.9 Å². The molecular weight excluding hydrogens is 519 g/mol. The van der Waals surface area contributed by atoms with Gasteiger partial charge in [0, 0.05) is 31.6 Å². The first-order valence-corrected chi connectivity index (χ1v) is 12.7. The van der Waals surface area contributed by atoms with Crippen molar-refractivity contribution in [3.8, 4) is 11.5 Å². The molecule has 1 fully saturated rings. The molecule has 13 heteroatoms. The number of benzene rings is 1. The average Bonchev–Trinajstić information content (AvgIpc) is 3.30. The molecule has 1 aromatic carbocycles. The number of ether oxygens (including phenoxy) is 3. The molecule has 10 nitrogen and oxygen atoms in total. The number of halogens is 3. The van der Waals surface area contributed by atoms with Crippen molar-refractivity contribution < 1.29 is 37.0 Å². The third kappa shape index (κ3) is 6.51. The smallest absolute Gasteiger partial charge is 0.410 e. The predicted octanol–water partition coefficient (Wildman–Crippen LogP) is 4.69. The maximum absolute atomic E-state index is 14.1. The number of nitrogens with zero attached hydrogens (tertiary/aromatic N) is 3. The molecule has 2 N–H and O–H groups in total. The topological polar surface area (TPSA) is 107 Å². The average molecular weight is 554 g/mol. The Bertz CT molecular complexity index is 1210. The first kappa shape index (κ1) is 28.4. The van der Waals surface area contributed by atoms with Crippen LogP contribution < -0.4 is 20.1 Å². The van der Waals surface area contributed by atoms with Gasteiger partial charge in [0.15, 0.2) is 23.2 Å². The van der Waals surface area contributed by atoms with Gasteiger partial charge in [-0.1, -0.05) is 6.07 Å². The Morgan fingerprint density at radius 3 is 2.46 bits per heavy atom. The SMILES string of the molecule is COc1ccc(C2CC(C(F)(F)F)n3nc(C(=O)NC4CCCN(C(=O)OC(C)(C)C)C4)cc3N2)cc1OC. The second kappa shape index (κ2) is 10.9. The van der Waals surface area contributed by atoms with Crippen LogP contribution >= 0.6 is 0 Å². The van der Waals surface area contributed by atoms with Crippen LogP contribution in [0.1, 0.15) is 68.2 Å². The molecule has 0 saturated carbocycles. The Morgan fingerprint density at radius 1 is 1.10 bits per heavy atom. The summed E-state index contributed by atoms with van der Waals surface area (Å²) in [6, 6.07) is 3.21. The number of piperidine rings is 1. The molecule has 0 spiro atoms. The summed E-state index contributed by atoms with van der Waals surface area (Å²) in [5.41, 5.74) is -0.224. The van der Waals surface area contributed by atoms with Crippen molar-refractivity contribution in [2.75, 3.05) is 32.6 Å². The third-order valence-corrected chi connectivity index (χ3v) is 6.64. The number of carbonyl (C=O) groups excluding carboxylic acids is 2. The Hall–Kier alpha value is -3.64. The molecule has 214 valence electrons. The highest BCUT2D eigenvalue weighted by Gasteiger charge is 2.47. The van der Waals surface area contributed by atoms with Gasteiger partial charge < -0.3 is 29.7 Å². The highest BCUT2D eigenvalue weighted by Crippen LogP contribution is 2.44. The van der Waals surface area contributed by atoms with Crippen LogP contribution in [0.3, 0.4) is 0 Å².